The third-order valence-corrected chi connectivity index (χ3v) is 6.26. The largest absolute Gasteiger partial charge is 0.339 e. The lowest BCUT2D eigenvalue weighted by atomic mass is 10.1. The molecule has 3 atom stereocenters. The van der Waals surface area contributed by atoms with Crippen LogP contribution in [0.4, 0.5) is 4.39 Å². The van der Waals surface area contributed by atoms with Gasteiger partial charge in [0.05, 0.1) is 10.9 Å². The zero-order valence-electron chi connectivity index (χ0n) is 15.0. The van der Waals surface area contributed by atoms with Gasteiger partial charge in [-0.15, -0.1) is 0 Å². The molecule has 0 bridgehead atoms. The molecule has 26 heavy (non-hydrogen) atoms. The maximum atomic E-state index is 13.9. The van der Waals surface area contributed by atoms with E-state index in [-0.39, 0.29) is 34.5 Å². The van der Waals surface area contributed by atoms with Gasteiger partial charge in [-0.05, 0) is 48.6 Å². The number of carbonyl (C=O) groups excluding carboxylic acids is 1. The first-order valence-corrected chi connectivity index (χ1v) is 10.4. The van der Waals surface area contributed by atoms with E-state index in [1.807, 2.05) is 6.92 Å². The number of sulfone groups is 1. The van der Waals surface area contributed by atoms with E-state index < -0.39 is 9.84 Å². The summed E-state index contributed by atoms with van der Waals surface area (Å²) in [5.41, 5.74) is 1.46. The molecule has 6 heteroatoms. The number of amides is 1. The van der Waals surface area contributed by atoms with Gasteiger partial charge >= 0.3 is 0 Å². The summed E-state index contributed by atoms with van der Waals surface area (Å²) in [6, 6.07) is 13.0. The van der Waals surface area contributed by atoms with Gasteiger partial charge in [0.15, 0.2) is 9.84 Å². The second-order valence-electron chi connectivity index (χ2n) is 6.94. The smallest absolute Gasteiger partial charge is 0.226 e. The molecule has 3 unspecified atom stereocenters. The summed E-state index contributed by atoms with van der Waals surface area (Å²) in [5.74, 6) is -0.543. The Morgan fingerprint density at radius 2 is 1.77 bits per heavy atom. The van der Waals surface area contributed by atoms with Crippen LogP contribution in [0.15, 0.2) is 53.4 Å². The Labute approximate surface area is 153 Å². The second-order valence-corrected chi connectivity index (χ2v) is 8.95. The van der Waals surface area contributed by atoms with Crippen molar-refractivity contribution in [3.05, 3.63) is 65.5 Å². The van der Waals surface area contributed by atoms with Crippen LogP contribution in [0, 0.1) is 11.7 Å². The second kappa shape index (κ2) is 6.83. The highest BCUT2D eigenvalue weighted by Gasteiger charge is 2.46. The van der Waals surface area contributed by atoms with Crippen molar-refractivity contribution < 1.29 is 17.6 Å². The number of rotatable bonds is 5. The molecule has 0 radical (unpaired) electrons. The number of halogens is 1. The Morgan fingerprint density at radius 3 is 2.35 bits per heavy atom. The first-order chi connectivity index (χ1) is 12.2. The first-order valence-electron chi connectivity index (χ1n) is 8.51. The van der Waals surface area contributed by atoms with Crippen molar-refractivity contribution >= 4 is 15.7 Å². The Balaban J connectivity index is 1.70. The van der Waals surface area contributed by atoms with Crippen LogP contribution in [0.25, 0.3) is 0 Å². The lowest BCUT2D eigenvalue weighted by Gasteiger charge is -2.26. The highest BCUT2D eigenvalue weighted by atomic mass is 32.2. The van der Waals surface area contributed by atoms with Crippen LogP contribution in [-0.4, -0.2) is 32.5 Å². The number of hydrogen-bond donors (Lipinski definition) is 0. The van der Waals surface area contributed by atoms with Gasteiger partial charge in [0.1, 0.15) is 5.82 Å². The third-order valence-electron chi connectivity index (χ3n) is 5.13. The maximum absolute atomic E-state index is 13.9. The van der Waals surface area contributed by atoms with Gasteiger partial charge in [-0.2, -0.15) is 0 Å². The van der Waals surface area contributed by atoms with E-state index in [4.69, 9.17) is 0 Å². The van der Waals surface area contributed by atoms with Gasteiger partial charge in [-0.1, -0.05) is 30.3 Å². The van der Waals surface area contributed by atoms with Gasteiger partial charge in [-0.25, -0.2) is 12.8 Å². The average molecular weight is 375 g/mol. The summed E-state index contributed by atoms with van der Waals surface area (Å²) in [6.45, 7) is 1.90. The van der Waals surface area contributed by atoms with Crippen LogP contribution in [0.2, 0.25) is 0 Å². The number of nitrogens with zero attached hydrogens (tertiary/aromatic N) is 1. The maximum Gasteiger partial charge on any atom is 0.226 e. The van der Waals surface area contributed by atoms with E-state index in [0.29, 0.717) is 12.0 Å². The predicted molar refractivity (Wildman–Crippen MR) is 98.0 cm³/mol. The fourth-order valence-electron chi connectivity index (χ4n) is 3.26. The van der Waals surface area contributed by atoms with Crippen LogP contribution in [-0.2, 0) is 14.6 Å². The normalized spacial score (nSPS) is 20.5. The molecule has 3 rings (SSSR count). The Morgan fingerprint density at radius 1 is 1.15 bits per heavy atom. The average Bonchev–Trinajstić information content (AvgIpc) is 3.40. The molecular formula is C20H22FNO3S. The number of hydrogen-bond acceptors (Lipinski definition) is 3. The molecule has 1 aliphatic rings. The molecule has 0 aromatic heterocycles. The summed E-state index contributed by atoms with van der Waals surface area (Å²) in [5, 5.41) is 0. The Kier molecular flexibility index (Phi) is 4.88. The van der Waals surface area contributed by atoms with Crippen LogP contribution in [0.3, 0.4) is 0 Å². The van der Waals surface area contributed by atoms with Crippen molar-refractivity contribution in [1.29, 1.82) is 0 Å². The van der Waals surface area contributed by atoms with Gasteiger partial charge < -0.3 is 4.90 Å². The summed E-state index contributed by atoms with van der Waals surface area (Å²) in [7, 11) is -1.51. The molecule has 4 nitrogen and oxygen atoms in total. The molecule has 0 heterocycles. The SMILES string of the molecule is CC(c1ccc(S(C)(=O)=O)cc1)N(C)C(=O)C1CC1c1ccccc1F. The van der Waals surface area contributed by atoms with E-state index in [0.717, 1.165) is 11.8 Å². The summed E-state index contributed by atoms with van der Waals surface area (Å²) < 4.78 is 37.0. The zero-order valence-corrected chi connectivity index (χ0v) is 15.8. The standard InChI is InChI=1S/C20H22FNO3S/c1-13(14-8-10-15(11-9-14)26(3,24)25)22(2)20(23)18-12-17(18)16-6-4-5-7-19(16)21/h4-11,13,17-18H,12H2,1-3H3. The zero-order chi connectivity index (χ0) is 19.1. The molecule has 2 aromatic carbocycles. The highest BCUT2D eigenvalue weighted by Crippen LogP contribution is 2.49. The molecule has 1 saturated carbocycles. The summed E-state index contributed by atoms with van der Waals surface area (Å²) in [6.07, 6.45) is 1.82. The van der Waals surface area contributed by atoms with Crippen molar-refractivity contribution in [2.75, 3.05) is 13.3 Å². The highest BCUT2D eigenvalue weighted by molar-refractivity contribution is 7.90. The van der Waals surface area contributed by atoms with E-state index in [1.165, 1.54) is 6.07 Å². The summed E-state index contributed by atoms with van der Waals surface area (Å²) in [4.78, 5) is 14.7. The topological polar surface area (TPSA) is 54.5 Å². The van der Waals surface area contributed by atoms with Crippen molar-refractivity contribution in [2.24, 2.45) is 5.92 Å². The van der Waals surface area contributed by atoms with Crippen molar-refractivity contribution in [3.8, 4) is 0 Å². The van der Waals surface area contributed by atoms with Crippen molar-refractivity contribution in [1.82, 2.24) is 4.90 Å². The lowest BCUT2D eigenvalue weighted by Crippen LogP contribution is -2.31. The fourth-order valence-corrected chi connectivity index (χ4v) is 3.89. The molecule has 0 N–H and O–H groups in total. The van der Waals surface area contributed by atoms with Crippen LogP contribution in [0.5, 0.6) is 0 Å². The van der Waals surface area contributed by atoms with Gasteiger partial charge in [0.2, 0.25) is 5.91 Å². The van der Waals surface area contributed by atoms with Crippen molar-refractivity contribution in [3.63, 3.8) is 0 Å². The van der Waals surface area contributed by atoms with E-state index >= 15 is 0 Å². The molecule has 0 spiro atoms. The summed E-state index contributed by atoms with van der Waals surface area (Å²) >= 11 is 0. The van der Waals surface area contributed by atoms with Crippen LogP contribution < -0.4 is 0 Å². The van der Waals surface area contributed by atoms with Crippen LogP contribution in [0.1, 0.15) is 36.4 Å². The quantitative estimate of drug-likeness (QED) is 0.803. The Hall–Kier alpha value is -2.21. The van der Waals surface area contributed by atoms with E-state index in [1.54, 1.807) is 54.4 Å². The lowest BCUT2D eigenvalue weighted by molar-refractivity contribution is -0.133. The Bertz CT molecular complexity index is 924. The van der Waals surface area contributed by atoms with E-state index in [9.17, 15) is 17.6 Å². The molecule has 0 aliphatic heterocycles. The molecule has 138 valence electrons. The first kappa shape index (κ1) is 18.6. The minimum atomic E-state index is -3.24. The molecule has 1 amide bonds. The minimum absolute atomic E-state index is 0.0158. The van der Waals surface area contributed by atoms with Gasteiger partial charge in [-0.3, -0.25) is 4.79 Å². The molecule has 1 aliphatic carbocycles. The van der Waals surface area contributed by atoms with E-state index in [2.05, 4.69) is 0 Å². The van der Waals surface area contributed by atoms with Crippen molar-refractivity contribution in [2.45, 2.75) is 30.2 Å². The molecule has 0 saturated heterocycles. The molecule has 2 aromatic rings. The van der Waals surface area contributed by atoms with Crippen LogP contribution >= 0.6 is 0 Å². The fraction of sp³-hybridized carbons (Fsp3) is 0.350. The van der Waals surface area contributed by atoms with Gasteiger partial charge in [0.25, 0.3) is 0 Å². The monoisotopic (exact) mass is 375 g/mol. The number of carbonyl (C=O) groups is 1. The predicted octanol–water partition coefficient (Wildman–Crippen LogP) is 3.55. The minimum Gasteiger partial charge on any atom is -0.339 e. The number of benzene rings is 2. The van der Waals surface area contributed by atoms with Gasteiger partial charge in [0, 0.05) is 19.2 Å². The third kappa shape index (κ3) is 3.65. The molecule has 1 fully saturated rings. The molecular weight excluding hydrogens is 353 g/mol.